The summed E-state index contributed by atoms with van der Waals surface area (Å²) in [6.45, 7) is 6.40. The molecule has 26 heavy (non-hydrogen) atoms. The van der Waals surface area contributed by atoms with Gasteiger partial charge in [0.15, 0.2) is 0 Å². The highest BCUT2D eigenvalue weighted by Crippen LogP contribution is 2.36. The summed E-state index contributed by atoms with van der Waals surface area (Å²) in [4.78, 5) is 19.1. The Morgan fingerprint density at radius 2 is 1.92 bits per heavy atom. The van der Waals surface area contributed by atoms with Gasteiger partial charge in [-0.25, -0.2) is 9.78 Å². The monoisotopic (exact) mass is 353 g/mol. The molecule has 2 heterocycles. The van der Waals surface area contributed by atoms with Gasteiger partial charge in [-0.05, 0) is 58.2 Å². The van der Waals surface area contributed by atoms with E-state index in [1.54, 1.807) is 6.20 Å². The van der Waals surface area contributed by atoms with Crippen molar-refractivity contribution in [3.05, 3.63) is 54.2 Å². The summed E-state index contributed by atoms with van der Waals surface area (Å²) in [7, 11) is 0. The van der Waals surface area contributed by atoms with E-state index in [9.17, 15) is 4.79 Å². The number of hydrogen-bond acceptors (Lipinski definition) is 4. The van der Waals surface area contributed by atoms with Gasteiger partial charge < -0.3 is 15.0 Å². The zero-order valence-corrected chi connectivity index (χ0v) is 15.7. The van der Waals surface area contributed by atoms with Crippen molar-refractivity contribution in [2.75, 3.05) is 11.9 Å². The Morgan fingerprint density at radius 1 is 1.15 bits per heavy atom. The van der Waals surface area contributed by atoms with Crippen LogP contribution in [0.25, 0.3) is 0 Å². The van der Waals surface area contributed by atoms with E-state index in [1.807, 2.05) is 68.1 Å². The van der Waals surface area contributed by atoms with E-state index in [-0.39, 0.29) is 12.1 Å². The van der Waals surface area contributed by atoms with E-state index >= 15 is 0 Å². The molecule has 2 aromatic rings. The number of pyridine rings is 1. The van der Waals surface area contributed by atoms with Crippen LogP contribution in [0.3, 0.4) is 0 Å². The molecule has 5 heteroatoms. The molecular formula is C21H27N3O2. The Morgan fingerprint density at radius 3 is 2.65 bits per heavy atom. The molecule has 0 saturated carbocycles. The number of piperidine rings is 1. The molecule has 1 aromatic carbocycles. The van der Waals surface area contributed by atoms with Gasteiger partial charge in [0.2, 0.25) is 0 Å². The maximum atomic E-state index is 12.7. The summed E-state index contributed by atoms with van der Waals surface area (Å²) < 4.78 is 5.63. The van der Waals surface area contributed by atoms with Crippen LogP contribution < -0.4 is 5.32 Å². The number of carbonyl (C=O) groups excluding carboxylic acids is 1. The van der Waals surface area contributed by atoms with Gasteiger partial charge >= 0.3 is 6.09 Å². The second kappa shape index (κ2) is 7.77. The summed E-state index contributed by atoms with van der Waals surface area (Å²) in [5, 5.41) is 3.39. The molecule has 0 radical (unpaired) electrons. The zero-order chi connectivity index (χ0) is 18.6. The molecule has 1 unspecified atom stereocenters. The van der Waals surface area contributed by atoms with Crippen LogP contribution in [-0.2, 0) is 4.74 Å². The lowest BCUT2D eigenvalue weighted by Crippen LogP contribution is -2.42. The first kappa shape index (κ1) is 18.2. The van der Waals surface area contributed by atoms with Crippen LogP contribution in [0.1, 0.15) is 51.6 Å². The van der Waals surface area contributed by atoms with Gasteiger partial charge in [0.05, 0.1) is 6.04 Å². The summed E-state index contributed by atoms with van der Waals surface area (Å²) >= 11 is 0. The minimum atomic E-state index is -0.501. The number of benzene rings is 1. The molecule has 1 saturated heterocycles. The van der Waals surface area contributed by atoms with Crippen LogP contribution in [0.5, 0.6) is 0 Å². The molecule has 1 aliphatic rings. The average Bonchev–Trinajstić information content (AvgIpc) is 2.62. The predicted octanol–water partition coefficient (Wildman–Crippen LogP) is 5.29. The molecule has 138 valence electrons. The third kappa shape index (κ3) is 4.54. The number of ether oxygens (including phenoxy) is 1. The van der Waals surface area contributed by atoms with Crippen LogP contribution in [0.15, 0.2) is 48.7 Å². The lowest BCUT2D eigenvalue weighted by Gasteiger charge is -2.37. The molecule has 5 nitrogen and oxygen atoms in total. The average molecular weight is 353 g/mol. The van der Waals surface area contributed by atoms with Gasteiger partial charge in [-0.15, -0.1) is 0 Å². The van der Waals surface area contributed by atoms with E-state index in [0.29, 0.717) is 6.54 Å². The summed E-state index contributed by atoms with van der Waals surface area (Å²) in [5.41, 5.74) is 1.51. The number of hydrogen-bond donors (Lipinski definition) is 1. The van der Waals surface area contributed by atoms with Crippen molar-refractivity contribution in [3.8, 4) is 0 Å². The van der Waals surface area contributed by atoms with Crippen LogP contribution in [0.4, 0.5) is 16.3 Å². The first-order chi connectivity index (χ1) is 12.4. The maximum absolute atomic E-state index is 12.7. The Labute approximate surface area is 155 Å². The predicted molar refractivity (Wildman–Crippen MR) is 103 cm³/mol. The van der Waals surface area contributed by atoms with Gasteiger partial charge in [0, 0.05) is 24.0 Å². The second-order valence-electron chi connectivity index (χ2n) is 7.62. The van der Waals surface area contributed by atoms with Crippen molar-refractivity contribution in [1.82, 2.24) is 9.88 Å². The molecule has 1 N–H and O–H groups in total. The Balaban J connectivity index is 1.87. The maximum Gasteiger partial charge on any atom is 0.410 e. The first-order valence-corrected chi connectivity index (χ1v) is 9.21. The second-order valence-corrected chi connectivity index (χ2v) is 7.62. The van der Waals surface area contributed by atoms with Gasteiger partial charge in [-0.2, -0.15) is 0 Å². The number of nitrogens with zero attached hydrogens (tertiary/aromatic N) is 2. The largest absolute Gasteiger partial charge is 0.444 e. The minimum Gasteiger partial charge on any atom is -0.444 e. The van der Waals surface area contributed by atoms with Crippen molar-refractivity contribution in [3.63, 3.8) is 0 Å². The zero-order valence-electron chi connectivity index (χ0n) is 15.7. The summed E-state index contributed by atoms with van der Waals surface area (Å²) in [6.07, 6.45) is 4.52. The van der Waals surface area contributed by atoms with Gasteiger partial charge in [-0.1, -0.05) is 24.3 Å². The summed E-state index contributed by atoms with van der Waals surface area (Å²) in [5.74, 6) is 0.791. The molecule has 0 aliphatic carbocycles. The minimum absolute atomic E-state index is 0.0292. The number of anilines is 2. The third-order valence-corrected chi connectivity index (χ3v) is 4.37. The SMILES string of the molecule is CC(C)(C)OC(=O)N1CCCCC1c1cccnc1Nc1ccccc1. The lowest BCUT2D eigenvalue weighted by atomic mass is 9.96. The van der Waals surface area contributed by atoms with E-state index in [1.165, 1.54) is 0 Å². The van der Waals surface area contributed by atoms with Gasteiger partial charge in [0.25, 0.3) is 0 Å². The molecule has 0 spiro atoms. The fraction of sp³-hybridized carbons (Fsp3) is 0.429. The van der Waals surface area contributed by atoms with E-state index in [0.717, 1.165) is 36.3 Å². The van der Waals surface area contributed by atoms with Crippen molar-refractivity contribution < 1.29 is 9.53 Å². The number of amides is 1. The molecule has 1 aromatic heterocycles. The van der Waals surface area contributed by atoms with Crippen molar-refractivity contribution in [2.24, 2.45) is 0 Å². The fourth-order valence-corrected chi connectivity index (χ4v) is 3.24. The number of aromatic nitrogens is 1. The van der Waals surface area contributed by atoms with Gasteiger partial charge in [0.1, 0.15) is 11.4 Å². The van der Waals surface area contributed by atoms with E-state index in [2.05, 4.69) is 10.3 Å². The van der Waals surface area contributed by atoms with Crippen LogP contribution in [0.2, 0.25) is 0 Å². The molecule has 1 amide bonds. The number of rotatable bonds is 3. The van der Waals surface area contributed by atoms with Crippen molar-refractivity contribution >= 4 is 17.6 Å². The smallest absolute Gasteiger partial charge is 0.410 e. The Bertz CT molecular complexity index is 740. The van der Waals surface area contributed by atoms with Crippen molar-refractivity contribution in [1.29, 1.82) is 0 Å². The third-order valence-electron chi connectivity index (χ3n) is 4.37. The molecule has 1 aliphatic heterocycles. The molecule has 3 rings (SSSR count). The molecule has 1 fully saturated rings. The normalized spacial score (nSPS) is 17.7. The quantitative estimate of drug-likeness (QED) is 0.815. The Kier molecular flexibility index (Phi) is 5.45. The highest BCUT2D eigenvalue weighted by Gasteiger charge is 2.32. The highest BCUT2D eigenvalue weighted by atomic mass is 16.6. The molecular weight excluding hydrogens is 326 g/mol. The molecule has 1 atom stereocenters. The molecule has 0 bridgehead atoms. The van der Waals surface area contributed by atoms with Gasteiger partial charge in [-0.3, -0.25) is 0 Å². The van der Waals surface area contributed by atoms with E-state index in [4.69, 9.17) is 4.74 Å². The van der Waals surface area contributed by atoms with Crippen molar-refractivity contribution in [2.45, 2.75) is 51.7 Å². The first-order valence-electron chi connectivity index (χ1n) is 9.21. The standard InChI is InChI=1S/C21H27N3O2/c1-21(2,3)26-20(25)24-15-8-7-13-18(24)17-12-9-14-22-19(17)23-16-10-5-4-6-11-16/h4-6,9-12,14,18H,7-8,13,15H2,1-3H3,(H,22,23). The number of likely N-dealkylation sites (tertiary alicyclic amines) is 1. The fourth-order valence-electron chi connectivity index (χ4n) is 3.24. The lowest BCUT2D eigenvalue weighted by molar-refractivity contribution is 0.00958. The summed E-state index contributed by atoms with van der Waals surface area (Å²) in [6, 6.07) is 13.9. The number of para-hydroxylation sites is 1. The van der Waals surface area contributed by atoms with E-state index < -0.39 is 5.60 Å². The number of carbonyl (C=O) groups is 1. The van der Waals surface area contributed by atoms with Crippen LogP contribution in [0, 0.1) is 0 Å². The Hall–Kier alpha value is -2.56. The number of nitrogens with one attached hydrogen (secondary N) is 1. The van der Waals surface area contributed by atoms with Crippen LogP contribution in [-0.4, -0.2) is 28.1 Å². The van der Waals surface area contributed by atoms with Crippen LogP contribution >= 0.6 is 0 Å². The highest BCUT2D eigenvalue weighted by molar-refractivity contribution is 5.70. The topological polar surface area (TPSA) is 54.5 Å².